The first-order valence-corrected chi connectivity index (χ1v) is 10.7. The van der Waals surface area contributed by atoms with E-state index in [1.165, 1.54) is 0 Å². The zero-order valence-corrected chi connectivity index (χ0v) is 17.6. The molecule has 5 rings (SSSR count). The van der Waals surface area contributed by atoms with Gasteiger partial charge in [-0.05, 0) is 24.3 Å². The summed E-state index contributed by atoms with van der Waals surface area (Å²) in [7, 11) is 0. The minimum atomic E-state index is -0.0589. The van der Waals surface area contributed by atoms with E-state index in [-0.39, 0.29) is 5.56 Å². The Morgan fingerprint density at radius 1 is 0.903 bits per heavy atom. The molecule has 3 heterocycles. The van der Waals surface area contributed by atoms with E-state index < -0.39 is 0 Å². The number of fused-ring (bicyclic) bond motifs is 1. The molecule has 0 saturated carbocycles. The van der Waals surface area contributed by atoms with Crippen LogP contribution in [0.2, 0.25) is 5.02 Å². The Kier molecular flexibility index (Phi) is 5.37. The van der Waals surface area contributed by atoms with E-state index in [2.05, 4.69) is 9.88 Å². The normalized spacial score (nSPS) is 13.7. The first-order valence-electron chi connectivity index (χ1n) is 10.3. The Morgan fingerprint density at radius 2 is 1.71 bits per heavy atom. The fourth-order valence-corrected chi connectivity index (χ4v) is 4.05. The fourth-order valence-electron chi connectivity index (χ4n) is 3.93. The Morgan fingerprint density at radius 3 is 2.52 bits per heavy atom. The number of aromatic nitrogens is 3. The quantitative estimate of drug-likeness (QED) is 0.511. The van der Waals surface area contributed by atoms with Crippen molar-refractivity contribution in [2.45, 2.75) is 19.5 Å². The van der Waals surface area contributed by atoms with Gasteiger partial charge in [-0.25, -0.2) is 4.98 Å². The van der Waals surface area contributed by atoms with E-state index in [1.807, 2.05) is 72.8 Å². The number of pyridine rings is 1. The standard InChI is InChI=1S/C25H21ClN4O/c26-19-11-9-17(10-12-19)22-8-4-7-20(27-22)15-30-14-13-23-21(16-30)25(31)29-24(28-23)18-5-2-1-3-6-18/h1-12H,13-16H2,(H,28,29,31). The second-order valence-corrected chi connectivity index (χ2v) is 8.12. The van der Waals surface area contributed by atoms with Crippen molar-refractivity contribution in [1.82, 2.24) is 19.9 Å². The van der Waals surface area contributed by atoms with Crippen LogP contribution in [0.1, 0.15) is 17.0 Å². The average molecular weight is 429 g/mol. The molecular weight excluding hydrogens is 408 g/mol. The zero-order chi connectivity index (χ0) is 21.2. The number of hydrogen-bond donors (Lipinski definition) is 1. The summed E-state index contributed by atoms with van der Waals surface area (Å²) in [5.41, 5.74) is 5.43. The summed E-state index contributed by atoms with van der Waals surface area (Å²) in [5.74, 6) is 0.634. The molecule has 1 aliphatic heterocycles. The number of halogens is 1. The molecule has 1 aliphatic rings. The second kappa shape index (κ2) is 8.46. The van der Waals surface area contributed by atoms with E-state index in [0.29, 0.717) is 23.9 Å². The van der Waals surface area contributed by atoms with Gasteiger partial charge in [0.15, 0.2) is 0 Å². The number of benzene rings is 2. The van der Waals surface area contributed by atoms with E-state index in [0.717, 1.165) is 46.7 Å². The van der Waals surface area contributed by atoms with Crippen LogP contribution >= 0.6 is 11.6 Å². The highest BCUT2D eigenvalue weighted by molar-refractivity contribution is 6.30. The summed E-state index contributed by atoms with van der Waals surface area (Å²) in [4.78, 5) is 27.5. The number of rotatable bonds is 4. The highest BCUT2D eigenvalue weighted by Crippen LogP contribution is 2.22. The molecule has 1 N–H and O–H groups in total. The molecule has 0 radical (unpaired) electrons. The number of hydrogen-bond acceptors (Lipinski definition) is 4. The Labute approximate surface area is 185 Å². The summed E-state index contributed by atoms with van der Waals surface area (Å²) < 4.78 is 0. The Bertz CT molecular complexity index is 1270. The smallest absolute Gasteiger partial charge is 0.255 e. The van der Waals surface area contributed by atoms with Crippen molar-refractivity contribution in [2.24, 2.45) is 0 Å². The first kappa shape index (κ1) is 19.7. The third-order valence-corrected chi connectivity index (χ3v) is 5.78. The SMILES string of the molecule is O=c1[nH]c(-c2ccccc2)nc2c1CN(Cc1cccc(-c3ccc(Cl)cc3)n1)CC2. The molecule has 0 fully saturated rings. The van der Waals surface area contributed by atoms with Gasteiger partial charge in [0.25, 0.3) is 5.56 Å². The fraction of sp³-hybridized carbons (Fsp3) is 0.160. The van der Waals surface area contributed by atoms with Gasteiger partial charge in [0.2, 0.25) is 0 Å². The molecule has 0 bridgehead atoms. The molecule has 31 heavy (non-hydrogen) atoms. The third kappa shape index (κ3) is 4.29. The number of nitrogens with one attached hydrogen (secondary N) is 1. The molecule has 2 aromatic heterocycles. The summed E-state index contributed by atoms with van der Waals surface area (Å²) >= 11 is 6.00. The summed E-state index contributed by atoms with van der Waals surface area (Å²) in [6.07, 6.45) is 0.746. The van der Waals surface area contributed by atoms with Crippen LogP contribution in [-0.2, 0) is 19.5 Å². The van der Waals surface area contributed by atoms with Crippen molar-refractivity contribution in [3.05, 3.63) is 105 Å². The van der Waals surface area contributed by atoms with Gasteiger partial charge in [0, 0.05) is 42.2 Å². The van der Waals surface area contributed by atoms with Crippen LogP contribution in [0.25, 0.3) is 22.6 Å². The van der Waals surface area contributed by atoms with Crippen molar-refractivity contribution in [2.75, 3.05) is 6.54 Å². The van der Waals surface area contributed by atoms with E-state index in [9.17, 15) is 4.79 Å². The molecule has 0 aliphatic carbocycles. The third-order valence-electron chi connectivity index (χ3n) is 5.53. The van der Waals surface area contributed by atoms with Gasteiger partial charge in [0.05, 0.1) is 22.6 Å². The number of aromatic amines is 1. The van der Waals surface area contributed by atoms with Gasteiger partial charge in [-0.1, -0.05) is 60.1 Å². The topological polar surface area (TPSA) is 61.9 Å². The van der Waals surface area contributed by atoms with Gasteiger partial charge < -0.3 is 4.98 Å². The molecule has 5 nitrogen and oxygen atoms in total. The van der Waals surface area contributed by atoms with Crippen LogP contribution in [-0.4, -0.2) is 26.4 Å². The van der Waals surface area contributed by atoms with Crippen LogP contribution in [0.5, 0.6) is 0 Å². The van der Waals surface area contributed by atoms with Crippen molar-refractivity contribution in [3.63, 3.8) is 0 Å². The molecule has 0 spiro atoms. The predicted octanol–water partition coefficient (Wildman–Crippen LogP) is 4.71. The molecule has 4 aromatic rings. The molecule has 0 amide bonds. The molecule has 0 saturated heterocycles. The van der Waals surface area contributed by atoms with Crippen molar-refractivity contribution in [1.29, 1.82) is 0 Å². The highest BCUT2D eigenvalue weighted by atomic mass is 35.5. The van der Waals surface area contributed by atoms with E-state index >= 15 is 0 Å². The maximum atomic E-state index is 12.8. The van der Waals surface area contributed by atoms with Gasteiger partial charge >= 0.3 is 0 Å². The van der Waals surface area contributed by atoms with Crippen LogP contribution in [0.15, 0.2) is 77.6 Å². The van der Waals surface area contributed by atoms with Crippen LogP contribution in [0.3, 0.4) is 0 Å². The largest absolute Gasteiger partial charge is 0.306 e. The molecular formula is C25H21ClN4O. The predicted molar refractivity (Wildman–Crippen MR) is 123 cm³/mol. The maximum Gasteiger partial charge on any atom is 0.255 e. The highest BCUT2D eigenvalue weighted by Gasteiger charge is 2.22. The van der Waals surface area contributed by atoms with Crippen molar-refractivity contribution >= 4 is 11.6 Å². The number of nitrogens with zero attached hydrogens (tertiary/aromatic N) is 3. The summed E-state index contributed by atoms with van der Waals surface area (Å²) in [6.45, 7) is 2.09. The van der Waals surface area contributed by atoms with Crippen LogP contribution in [0, 0.1) is 0 Å². The van der Waals surface area contributed by atoms with Crippen molar-refractivity contribution in [3.8, 4) is 22.6 Å². The molecule has 0 atom stereocenters. The molecule has 6 heteroatoms. The Hall–Kier alpha value is -3.28. The monoisotopic (exact) mass is 428 g/mol. The number of H-pyrrole nitrogens is 1. The molecule has 2 aromatic carbocycles. The van der Waals surface area contributed by atoms with Crippen LogP contribution < -0.4 is 5.56 Å². The van der Waals surface area contributed by atoms with Crippen LogP contribution in [0.4, 0.5) is 0 Å². The van der Waals surface area contributed by atoms with Gasteiger partial charge in [0.1, 0.15) is 5.82 Å². The van der Waals surface area contributed by atoms with Gasteiger partial charge in [-0.2, -0.15) is 0 Å². The van der Waals surface area contributed by atoms with E-state index in [4.69, 9.17) is 21.6 Å². The lowest BCUT2D eigenvalue weighted by Crippen LogP contribution is -2.35. The lowest BCUT2D eigenvalue weighted by molar-refractivity contribution is 0.239. The zero-order valence-electron chi connectivity index (χ0n) is 16.9. The lowest BCUT2D eigenvalue weighted by atomic mass is 10.1. The van der Waals surface area contributed by atoms with Crippen molar-refractivity contribution < 1.29 is 0 Å². The summed E-state index contributed by atoms with van der Waals surface area (Å²) in [6, 6.07) is 23.5. The van der Waals surface area contributed by atoms with Gasteiger partial charge in [-0.15, -0.1) is 0 Å². The minimum absolute atomic E-state index is 0.0589. The molecule has 154 valence electrons. The molecule has 0 unspecified atom stereocenters. The van der Waals surface area contributed by atoms with E-state index in [1.54, 1.807) is 0 Å². The second-order valence-electron chi connectivity index (χ2n) is 7.69. The maximum absolute atomic E-state index is 12.8. The average Bonchev–Trinajstić information content (AvgIpc) is 2.81. The Balaban J connectivity index is 1.35. The lowest BCUT2D eigenvalue weighted by Gasteiger charge is -2.27. The minimum Gasteiger partial charge on any atom is -0.306 e. The van der Waals surface area contributed by atoms with Gasteiger partial charge in [-0.3, -0.25) is 14.7 Å². The first-order chi connectivity index (χ1) is 15.2. The summed E-state index contributed by atoms with van der Waals surface area (Å²) in [5, 5.41) is 0.709.